The lowest BCUT2D eigenvalue weighted by molar-refractivity contribution is 0.0346. The summed E-state index contributed by atoms with van der Waals surface area (Å²) < 4.78 is 5.44. The third-order valence-corrected chi connectivity index (χ3v) is 3.03. The van der Waals surface area contributed by atoms with Crippen LogP contribution in [-0.2, 0) is 11.3 Å². The molecule has 0 aliphatic heterocycles. The van der Waals surface area contributed by atoms with Crippen molar-refractivity contribution in [1.29, 1.82) is 0 Å². The van der Waals surface area contributed by atoms with Gasteiger partial charge in [-0.15, -0.1) is 0 Å². The lowest BCUT2D eigenvalue weighted by Crippen LogP contribution is -2.30. The van der Waals surface area contributed by atoms with Gasteiger partial charge >= 0.3 is 0 Å². The minimum Gasteiger partial charge on any atom is -0.508 e. The largest absolute Gasteiger partial charge is 0.508 e. The lowest BCUT2D eigenvalue weighted by atomic mass is 10.1. The van der Waals surface area contributed by atoms with Crippen LogP contribution < -0.4 is 5.32 Å². The molecule has 0 saturated carbocycles. The second kappa shape index (κ2) is 9.75. The van der Waals surface area contributed by atoms with Crippen molar-refractivity contribution in [1.82, 2.24) is 5.32 Å². The summed E-state index contributed by atoms with van der Waals surface area (Å²) in [6.07, 6.45) is 1.73. The van der Waals surface area contributed by atoms with Gasteiger partial charge in [-0.05, 0) is 36.5 Å². The number of hydrogen-bond acceptors (Lipinski definition) is 4. The maximum absolute atomic E-state index is 9.75. The lowest BCUT2D eigenvalue weighted by Gasteiger charge is -2.13. The van der Waals surface area contributed by atoms with E-state index in [1.54, 1.807) is 12.1 Å². The van der Waals surface area contributed by atoms with E-state index in [0.717, 1.165) is 18.4 Å². The van der Waals surface area contributed by atoms with Gasteiger partial charge < -0.3 is 20.3 Å². The molecule has 0 aliphatic rings. The molecule has 4 heteroatoms. The maximum atomic E-state index is 9.75. The zero-order valence-corrected chi connectivity index (χ0v) is 12.5. The average molecular weight is 281 g/mol. The number of phenols is 1. The van der Waals surface area contributed by atoms with Crippen molar-refractivity contribution in [3.8, 4) is 5.75 Å². The summed E-state index contributed by atoms with van der Waals surface area (Å²) in [5.41, 5.74) is 1.08. The Morgan fingerprint density at radius 1 is 1.20 bits per heavy atom. The van der Waals surface area contributed by atoms with Crippen LogP contribution in [0.4, 0.5) is 0 Å². The van der Waals surface area contributed by atoms with Crippen LogP contribution in [0, 0.1) is 5.92 Å². The van der Waals surface area contributed by atoms with Crippen molar-refractivity contribution >= 4 is 0 Å². The molecule has 1 unspecified atom stereocenters. The van der Waals surface area contributed by atoms with Gasteiger partial charge in [0.1, 0.15) is 5.75 Å². The van der Waals surface area contributed by atoms with Gasteiger partial charge in [0.15, 0.2) is 0 Å². The van der Waals surface area contributed by atoms with Gasteiger partial charge in [0, 0.05) is 19.7 Å². The number of benzene rings is 1. The molecule has 0 bridgehead atoms. The van der Waals surface area contributed by atoms with E-state index in [1.165, 1.54) is 0 Å². The van der Waals surface area contributed by atoms with Gasteiger partial charge in [-0.2, -0.15) is 0 Å². The smallest absolute Gasteiger partial charge is 0.115 e. The number of hydrogen-bond donors (Lipinski definition) is 3. The number of aliphatic hydroxyl groups is 1. The SMILES string of the molecule is CC(C)CCCOCC(O)CNCc1ccc(O)cc1. The van der Waals surface area contributed by atoms with E-state index < -0.39 is 6.10 Å². The maximum Gasteiger partial charge on any atom is 0.115 e. The number of aliphatic hydroxyl groups excluding tert-OH is 1. The van der Waals surface area contributed by atoms with Crippen LogP contribution in [0.25, 0.3) is 0 Å². The molecule has 1 aromatic rings. The third kappa shape index (κ3) is 8.15. The van der Waals surface area contributed by atoms with Crippen LogP contribution in [0.15, 0.2) is 24.3 Å². The first-order valence-corrected chi connectivity index (χ1v) is 7.32. The van der Waals surface area contributed by atoms with E-state index in [0.29, 0.717) is 32.2 Å². The van der Waals surface area contributed by atoms with Crippen molar-refractivity contribution in [2.45, 2.75) is 39.3 Å². The summed E-state index contributed by atoms with van der Waals surface area (Å²) in [4.78, 5) is 0. The Hall–Kier alpha value is -1.10. The summed E-state index contributed by atoms with van der Waals surface area (Å²) in [5, 5.41) is 22.1. The fourth-order valence-electron chi connectivity index (χ4n) is 1.87. The van der Waals surface area contributed by atoms with Gasteiger partial charge in [-0.1, -0.05) is 26.0 Å². The highest BCUT2D eigenvalue weighted by Crippen LogP contribution is 2.09. The normalized spacial score (nSPS) is 12.8. The van der Waals surface area contributed by atoms with E-state index in [9.17, 15) is 5.11 Å². The fourth-order valence-corrected chi connectivity index (χ4v) is 1.87. The highest BCUT2D eigenvalue weighted by Gasteiger charge is 2.04. The number of rotatable bonds is 10. The van der Waals surface area contributed by atoms with Crippen LogP contribution in [-0.4, -0.2) is 36.1 Å². The fraction of sp³-hybridized carbons (Fsp3) is 0.625. The molecule has 4 nitrogen and oxygen atoms in total. The molecular formula is C16H27NO3. The first-order valence-electron chi connectivity index (χ1n) is 7.32. The molecule has 20 heavy (non-hydrogen) atoms. The Labute approximate surface area is 121 Å². The average Bonchev–Trinajstić information content (AvgIpc) is 2.40. The van der Waals surface area contributed by atoms with Crippen LogP contribution in [0.1, 0.15) is 32.3 Å². The molecule has 0 heterocycles. The summed E-state index contributed by atoms with van der Waals surface area (Å²) in [7, 11) is 0. The Bertz CT molecular complexity index is 351. The van der Waals surface area contributed by atoms with Crippen molar-refractivity contribution < 1.29 is 14.9 Å². The topological polar surface area (TPSA) is 61.7 Å². The summed E-state index contributed by atoms with van der Waals surface area (Å²) in [6.45, 7) is 6.66. The predicted molar refractivity (Wildman–Crippen MR) is 80.7 cm³/mol. The second-order valence-corrected chi connectivity index (χ2v) is 5.56. The van der Waals surface area contributed by atoms with Gasteiger partial charge in [0.05, 0.1) is 12.7 Å². The van der Waals surface area contributed by atoms with Gasteiger partial charge in [0.25, 0.3) is 0 Å². The van der Waals surface area contributed by atoms with Crippen molar-refractivity contribution in [2.75, 3.05) is 19.8 Å². The number of ether oxygens (including phenoxy) is 1. The summed E-state index contributed by atoms with van der Waals surface area (Å²) in [6, 6.07) is 7.03. The standard InChI is InChI=1S/C16H27NO3/c1-13(2)4-3-9-20-12-16(19)11-17-10-14-5-7-15(18)8-6-14/h5-8,13,16-19H,3-4,9-12H2,1-2H3. The molecule has 1 aromatic carbocycles. The molecule has 114 valence electrons. The molecule has 3 N–H and O–H groups in total. The molecule has 0 saturated heterocycles. The van der Waals surface area contributed by atoms with Gasteiger partial charge in [0.2, 0.25) is 0 Å². The Balaban J connectivity index is 2.02. The molecule has 0 aliphatic carbocycles. The summed E-state index contributed by atoms with van der Waals surface area (Å²) >= 11 is 0. The van der Waals surface area contributed by atoms with Crippen LogP contribution in [0.5, 0.6) is 5.75 Å². The highest BCUT2D eigenvalue weighted by atomic mass is 16.5. The first-order chi connectivity index (χ1) is 9.58. The van der Waals surface area contributed by atoms with Crippen molar-refractivity contribution in [2.24, 2.45) is 5.92 Å². The van der Waals surface area contributed by atoms with Gasteiger partial charge in [-0.3, -0.25) is 0 Å². The molecule has 0 aromatic heterocycles. The predicted octanol–water partition coefficient (Wildman–Crippen LogP) is 2.30. The molecule has 0 amide bonds. The number of phenolic OH excluding ortho intramolecular Hbond substituents is 1. The Kier molecular flexibility index (Phi) is 8.26. The van der Waals surface area contributed by atoms with E-state index in [4.69, 9.17) is 9.84 Å². The second-order valence-electron chi connectivity index (χ2n) is 5.56. The molecule has 0 radical (unpaired) electrons. The number of nitrogens with one attached hydrogen (secondary N) is 1. The Morgan fingerprint density at radius 2 is 1.90 bits per heavy atom. The Morgan fingerprint density at radius 3 is 2.55 bits per heavy atom. The molecular weight excluding hydrogens is 254 g/mol. The minimum absolute atomic E-state index is 0.267. The summed E-state index contributed by atoms with van der Waals surface area (Å²) in [5.74, 6) is 0.971. The van der Waals surface area contributed by atoms with Crippen molar-refractivity contribution in [3.05, 3.63) is 29.8 Å². The minimum atomic E-state index is -0.480. The zero-order valence-electron chi connectivity index (χ0n) is 12.5. The van der Waals surface area contributed by atoms with Crippen LogP contribution in [0.2, 0.25) is 0 Å². The van der Waals surface area contributed by atoms with E-state index in [1.807, 2.05) is 12.1 Å². The highest BCUT2D eigenvalue weighted by molar-refractivity contribution is 5.25. The van der Waals surface area contributed by atoms with E-state index >= 15 is 0 Å². The van der Waals surface area contributed by atoms with Crippen molar-refractivity contribution in [3.63, 3.8) is 0 Å². The van der Waals surface area contributed by atoms with E-state index in [2.05, 4.69) is 19.2 Å². The first kappa shape index (κ1) is 17.0. The van der Waals surface area contributed by atoms with E-state index in [-0.39, 0.29) is 5.75 Å². The number of aromatic hydroxyl groups is 1. The third-order valence-electron chi connectivity index (χ3n) is 3.03. The van der Waals surface area contributed by atoms with Crippen LogP contribution >= 0.6 is 0 Å². The molecule has 0 spiro atoms. The van der Waals surface area contributed by atoms with Gasteiger partial charge in [-0.25, -0.2) is 0 Å². The molecule has 0 fully saturated rings. The monoisotopic (exact) mass is 281 g/mol. The molecule has 1 rings (SSSR count). The molecule has 1 atom stereocenters. The zero-order chi connectivity index (χ0) is 14.8. The van der Waals surface area contributed by atoms with Crippen LogP contribution in [0.3, 0.4) is 0 Å². The quantitative estimate of drug-likeness (QED) is 0.576.